The van der Waals surface area contributed by atoms with Crippen LogP contribution in [-0.4, -0.2) is 6.54 Å². The van der Waals surface area contributed by atoms with Crippen LogP contribution in [0.3, 0.4) is 0 Å². The van der Waals surface area contributed by atoms with Crippen molar-refractivity contribution in [2.24, 2.45) is 0 Å². The van der Waals surface area contributed by atoms with Gasteiger partial charge in [0, 0.05) is 20.1 Å². The lowest BCUT2D eigenvalue weighted by molar-refractivity contribution is 0.631. The van der Waals surface area contributed by atoms with E-state index < -0.39 is 0 Å². The van der Waals surface area contributed by atoms with Crippen molar-refractivity contribution in [1.29, 1.82) is 0 Å². The summed E-state index contributed by atoms with van der Waals surface area (Å²) in [7, 11) is 0. The average Bonchev–Trinajstić information content (AvgIpc) is 2.38. The summed E-state index contributed by atoms with van der Waals surface area (Å²) in [5.41, 5.74) is 1.85. The Morgan fingerprint density at radius 1 is 0.900 bits per heavy atom. The maximum Gasteiger partial charge on any atom is 0.0592 e. The summed E-state index contributed by atoms with van der Waals surface area (Å²) in [5.74, 6) is 0. The predicted octanol–water partition coefficient (Wildman–Crippen LogP) is 6.00. The molecule has 0 aliphatic rings. The van der Waals surface area contributed by atoms with Gasteiger partial charge in [-0.25, -0.2) is 0 Å². The summed E-state index contributed by atoms with van der Waals surface area (Å²) in [6, 6.07) is 10.7. The van der Waals surface area contributed by atoms with Crippen molar-refractivity contribution in [2.45, 2.75) is 13.0 Å². The van der Waals surface area contributed by atoms with Crippen LogP contribution in [0, 0.1) is 0 Å². The second kappa shape index (κ2) is 7.02. The quantitative estimate of drug-likeness (QED) is 0.714. The Bertz CT molecular complexity index is 593. The molecule has 0 amide bonds. The van der Waals surface area contributed by atoms with Gasteiger partial charge in [0.1, 0.15) is 0 Å². The molecule has 0 saturated heterocycles. The molecular weight excluding hydrogens is 336 g/mol. The van der Waals surface area contributed by atoms with Crippen molar-refractivity contribution in [2.75, 3.05) is 6.54 Å². The number of hydrogen-bond donors (Lipinski definition) is 1. The first kappa shape index (κ1) is 15.9. The van der Waals surface area contributed by atoms with Gasteiger partial charge in [-0.15, -0.1) is 0 Å². The van der Waals surface area contributed by atoms with E-state index in [1.54, 1.807) is 18.2 Å². The highest BCUT2D eigenvalue weighted by Gasteiger charge is 2.17. The van der Waals surface area contributed by atoms with Crippen molar-refractivity contribution < 1.29 is 0 Å². The number of nitrogens with one attached hydrogen (secondary N) is 1. The number of halogens is 4. The minimum Gasteiger partial charge on any atom is -0.306 e. The molecule has 1 unspecified atom stereocenters. The molecule has 2 rings (SSSR count). The smallest absolute Gasteiger partial charge is 0.0592 e. The van der Waals surface area contributed by atoms with E-state index in [4.69, 9.17) is 46.4 Å². The molecule has 0 fully saturated rings. The third kappa shape index (κ3) is 3.81. The zero-order valence-corrected chi connectivity index (χ0v) is 13.8. The van der Waals surface area contributed by atoms with E-state index in [-0.39, 0.29) is 6.04 Å². The fourth-order valence-electron chi connectivity index (χ4n) is 2.09. The maximum absolute atomic E-state index is 6.29. The summed E-state index contributed by atoms with van der Waals surface area (Å²) in [5, 5.41) is 5.85. The topological polar surface area (TPSA) is 12.0 Å². The van der Waals surface area contributed by atoms with Crippen LogP contribution in [0.15, 0.2) is 36.4 Å². The van der Waals surface area contributed by atoms with Crippen molar-refractivity contribution in [1.82, 2.24) is 5.32 Å². The third-order valence-electron chi connectivity index (χ3n) is 2.90. The van der Waals surface area contributed by atoms with Gasteiger partial charge >= 0.3 is 0 Å². The molecule has 0 radical (unpaired) electrons. The van der Waals surface area contributed by atoms with Crippen molar-refractivity contribution in [3.8, 4) is 0 Å². The number of hydrogen-bond acceptors (Lipinski definition) is 1. The second-order valence-corrected chi connectivity index (χ2v) is 6.08. The summed E-state index contributed by atoms with van der Waals surface area (Å²) in [6.07, 6.45) is 0. The molecule has 0 aliphatic carbocycles. The van der Waals surface area contributed by atoms with Crippen molar-refractivity contribution >= 4 is 46.4 Å². The number of benzene rings is 2. The van der Waals surface area contributed by atoms with Gasteiger partial charge in [-0.3, -0.25) is 0 Å². The molecule has 0 saturated carbocycles. The van der Waals surface area contributed by atoms with Crippen molar-refractivity contribution in [3.63, 3.8) is 0 Å². The first-order valence-electron chi connectivity index (χ1n) is 6.15. The summed E-state index contributed by atoms with van der Waals surface area (Å²) >= 11 is 24.5. The van der Waals surface area contributed by atoms with Crippen LogP contribution in [0.4, 0.5) is 0 Å². The summed E-state index contributed by atoms with van der Waals surface area (Å²) < 4.78 is 0. The van der Waals surface area contributed by atoms with E-state index >= 15 is 0 Å². The molecule has 0 aromatic heterocycles. The molecule has 0 heterocycles. The lowest BCUT2D eigenvalue weighted by atomic mass is 9.98. The summed E-state index contributed by atoms with van der Waals surface area (Å²) in [6.45, 7) is 2.80. The Balaban J connectivity index is 2.52. The molecule has 106 valence electrons. The Labute approximate surface area is 138 Å². The molecule has 5 heteroatoms. The van der Waals surface area contributed by atoms with Gasteiger partial charge in [-0.05, 0) is 54.1 Å². The highest BCUT2D eigenvalue weighted by atomic mass is 35.5. The van der Waals surface area contributed by atoms with Gasteiger partial charge in [0.25, 0.3) is 0 Å². The van der Waals surface area contributed by atoms with Crippen molar-refractivity contribution in [3.05, 3.63) is 67.6 Å². The van der Waals surface area contributed by atoms with Crippen LogP contribution in [0.5, 0.6) is 0 Å². The zero-order valence-electron chi connectivity index (χ0n) is 10.8. The van der Waals surface area contributed by atoms with E-state index in [0.29, 0.717) is 20.1 Å². The van der Waals surface area contributed by atoms with Crippen LogP contribution in [0.1, 0.15) is 24.1 Å². The van der Waals surface area contributed by atoms with Gasteiger partial charge in [0.05, 0.1) is 6.04 Å². The monoisotopic (exact) mass is 347 g/mol. The fraction of sp³-hybridized carbons (Fsp3) is 0.200. The Morgan fingerprint density at radius 3 is 2.15 bits per heavy atom. The van der Waals surface area contributed by atoms with Crippen LogP contribution in [0.2, 0.25) is 20.1 Å². The average molecular weight is 349 g/mol. The van der Waals surface area contributed by atoms with E-state index in [1.165, 1.54) is 0 Å². The lowest BCUT2D eigenvalue weighted by Crippen LogP contribution is -2.22. The van der Waals surface area contributed by atoms with Gasteiger partial charge in [0.15, 0.2) is 0 Å². The molecule has 1 N–H and O–H groups in total. The van der Waals surface area contributed by atoms with Gasteiger partial charge in [-0.2, -0.15) is 0 Å². The normalized spacial score (nSPS) is 12.4. The molecule has 2 aromatic carbocycles. The largest absolute Gasteiger partial charge is 0.306 e. The fourth-order valence-corrected chi connectivity index (χ4v) is 3.04. The van der Waals surface area contributed by atoms with Gasteiger partial charge in [-0.1, -0.05) is 53.3 Å². The van der Waals surface area contributed by atoms with Crippen LogP contribution in [0.25, 0.3) is 0 Å². The van der Waals surface area contributed by atoms with Crippen LogP contribution >= 0.6 is 46.4 Å². The first-order valence-corrected chi connectivity index (χ1v) is 7.66. The van der Waals surface area contributed by atoms with E-state index in [0.717, 1.165) is 17.7 Å². The molecule has 0 spiro atoms. The highest BCUT2D eigenvalue weighted by Crippen LogP contribution is 2.33. The lowest BCUT2D eigenvalue weighted by Gasteiger charge is -2.21. The summed E-state index contributed by atoms with van der Waals surface area (Å²) in [4.78, 5) is 0. The molecular formula is C15H13Cl4N. The second-order valence-electron chi connectivity index (χ2n) is 4.36. The predicted molar refractivity (Wildman–Crippen MR) is 88.4 cm³/mol. The maximum atomic E-state index is 6.29. The molecule has 0 aliphatic heterocycles. The van der Waals surface area contributed by atoms with Crippen LogP contribution in [-0.2, 0) is 0 Å². The first-order chi connectivity index (χ1) is 9.51. The zero-order chi connectivity index (χ0) is 14.7. The van der Waals surface area contributed by atoms with E-state index in [2.05, 4.69) is 5.32 Å². The van der Waals surface area contributed by atoms with E-state index in [9.17, 15) is 0 Å². The molecule has 1 nitrogen and oxygen atoms in total. The number of rotatable bonds is 4. The molecule has 0 bridgehead atoms. The SMILES string of the molecule is CCNC(c1cc(Cl)cc(Cl)c1)c1cc(Cl)ccc1Cl. The molecule has 1 atom stereocenters. The third-order valence-corrected chi connectivity index (χ3v) is 3.91. The minimum atomic E-state index is -0.109. The Kier molecular flexibility index (Phi) is 5.59. The Morgan fingerprint density at radius 2 is 1.55 bits per heavy atom. The highest BCUT2D eigenvalue weighted by molar-refractivity contribution is 6.35. The van der Waals surface area contributed by atoms with E-state index in [1.807, 2.05) is 25.1 Å². The Hall–Kier alpha value is -0.440. The van der Waals surface area contributed by atoms with Gasteiger partial charge in [0.2, 0.25) is 0 Å². The molecule has 20 heavy (non-hydrogen) atoms. The molecule has 2 aromatic rings. The van der Waals surface area contributed by atoms with Gasteiger partial charge < -0.3 is 5.32 Å². The minimum absolute atomic E-state index is 0.109. The standard InChI is InChI=1S/C15H13Cl4N/c1-2-20-15(9-5-11(17)7-12(18)6-9)13-8-10(16)3-4-14(13)19/h3-8,15,20H,2H2,1H3. The van der Waals surface area contributed by atoms with Crippen LogP contribution < -0.4 is 5.32 Å².